The van der Waals surface area contributed by atoms with Crippen molar-refractivity contribution in [2.24, 2.45) is 4.36 Å². The number of aromatic nitrogens is 2. The van der Waals surface area contributed by atoms with Gasteiger partial charge in [-0.15, -0.1) is 0 Å². The van der Waals surface area contributed by atoms with Crippen LogP contribution in [0.1, 0.15) is 5.56 Å². The van der Waals surface area contributed by atoms with Crippen LogP contribution in [0.4, 0.5) is 21.6 Å². The van der Waals surface area contributed by atoms with E-state index in [1.54, 1.807) is 24.6 Å². The topological polar surface area (TPSA) is 115 Å². The highest BCUT2D eigenvalue weighted by Crippen LogP contribution is 2.33. The van der Waals surface area contributed by atoms with Crippen LogP contribution in [0.3, 0.4) is 0 Å². The smallest absolute Gasteiger partial charge is 0.258 e. The van der Waals surface area contributed by atoms with Gasteiger partial charge in [0, 0.05) is 33.7 Å². The molecule has 2 heterocycles. The number of hydrogen-bond acceptors (Lipinski definition) is 8. The normalized spacial score (nSPS) is 13.9. The standard InChI is InChI=1S/C22H24FN5O4S/c1-13-6-15(28-33(2,3)30)8-18-21(13)22(25-12-24-18)27-17-5-4-14(23)7-19(17)32-11-20(29)26-16-9-31-10-16/h4-8,12,16H,9-11H2,1-3H3,(H,26,29)(H,24,25,27). The van der Waals surface area contributed by atoms with E-state index in [1.807, 2.05) is 6.92 Å². The summed E-state index contributed by atoms with van der Waals surface area (Å²) in [6, 6.07) is 7.52. The Morgan fingerprint density at radius 1 is 1.27 bits per heavy atom. The Morgan fingerprint density at radius 2 is 2.06 bits per heavy atom. The molecule has 174 valence electrons. The fourth-order valence-electron chi connectivity index (χ4n) is 3.35. The third-order valence-electron chi connectivity index (χ3n) is 4.80. The number of nitrogens with one attached hydrogen (secondary N) is 2. The number of halogens is 1. The molecule has 0 bridgehead atoms. The Labute approximate surface area is 190 Å². The van der Waals surface area contributed by atoms with Crippen LogP contribution in [-0.4, -0.2) is 58.5 Å². The van der Waals surface area contributed by atoms with Crippen LogP contribution >= 0.6 is 0 Å². The van der Waals surface area contributed by atoms with Crippen LogP contribution in [0.25, 0.3) is 10.9 Å². The van der Waals surface area contributed by atoms with Gasteiger partial charge in [0.2, 0.25) is 0 Å². The molecule has 4 rings (SSSR count). The summed E-state index contributed by atoms with van der Waals surface area (Å²) in [6.07, 6.45) is 4.52. The summed E-state index contributed by atoms with van der Waals surface area (Å²) in [6.45, 7) is 2.55. The molecule has 11 heteroatoms. The van der Waals surface area contributed by atoms with Gasteiger partial charge in [-0.2, -0.15) is 4.36 Å². The molecule has 2 N–H and O–H groups in total. The van der Waals surface area contributed by atoms with Crippen LogP contribution in [0, 0.1) is 12.7 Å². The summed E-state index contributed by atoms with van der Waals surface area (Å²) in [5, 5.41) is 6.66. The van der Waals surface area contributed by atoms with E-state index in [9.17, 15) is 13.4 Å². The van der Waals surface area contributed by atoms with Gasteiger partial charge >= 0.3 is 0 Å². The van der Waals surface area contributed by atoms with Crippen LogP contribution < -0.4 is 15.4 Å². The van der Waals surface area contributed by atoms with Crippen molar-refractivity contribution < 1.29 is 22.9 Å². The predicted octanol–water partition coefficient (Wildman–Crippen LogP) is 3.07. The number of ether oxygens (including phenoxy) is 2. The van der Waals surface area contributed by atoms with Crippen molar-refractivity contribution in [3.05, 3.63) is 48.0 Å². The van der Waals surface area contributed by atoms with E-state index in [-0.39, 0.29) is 24.3 Å². The highest BCUT2D eigenvalue weighted by Gasteiger charge is 2.21. The Morgan fingerprint density at radius 3 is 2.76 bits per heavy atom. The first-order chi connectivity index (χ1) is 15.7. The number of fused-ring (bicyclic) bond motifs is 1. The van der Waals surface area contributed by atoms with Crippen molar-refractivity contribution in [1.29, 1.82) is 0 Å². The van der Waals surface area contributed by atoms with E-state index < -0.39 is 15.5 Å². The molecule has 2 aromatic carbocycles. The Hall–Kier alpha value is -3.31. The molecule has 0 saturated carbocycles. The molecule has 1 aliphatic rings. The molecule has 1 aliphatic heterocycles. The number of benzene rings is 2. The molecule has 0 spiro atoms. The van der Waals surface area contributed by atoms with Crippen molar-refractivity contribution >= 4 is 43.7 Å². The largest absolute Gasteiger partial charge is 0.481 e. The lowest BCUT2D eigenvalue weighted by Gasteiger charge is -2.26. The molecule has 0 radical (unpaired) electrons. The zero-order valence-corrected chi connectivity index (χ0v) is 19.2. The van der Waals surface area contributed by atoms with Crippen LogP contribution in [0.15, 0.2) is 41.0 Å². The predicted molar refractivity (Wildman–Crippen MR) is 124 cm³/mol. The SMILES string of the molecule is Cc1cc(N=S(C)(C)=O)cc2ncnc(Nc3ccc(F)cc3OCC(=O)NC3COC3)c12. The number of aryl methyl sites for hydroxylation is 1. The summed E-state index contributed by atoms with van der Waals surface area (Å²) in [5.41, 5.74) is 2.44. The molecule has 33 heavy (non-hydrogen) atoms. The average molecular weight is 474 g/mol. The monoisotopic (exact) mass is 473 g/mol. The fourth-order valence-corrected chi connectivity index (χ4v) is 3.97. The second-order valence-corrected chi connectivity index (χ2v) is 10.6. The minimum atomic E-state index is -2.33. The summed E-state index contributed by atoms with van der Waals surface area (Å²) < 4.78 is 40.8. The van der Waals surface area contributed by atoms with Crippen molar-refractivity contribution in [2.75, 3.05) is 37.6 Å². The third kappa shape index (κ3) is 5.74. The van der Waals surface area contributed by atoms with Gasteiger partial charge in [0.25, 0.3) is 5.91 Å². The Balaban J connectivity index is 1.61. The number of nitrogens with zero attached hydrogens (tertiary/aromatic N) is 3. The second kappa shape index (κ2) is 9.28. The second-order valence-electron chi connectivity index (χ2n) is 8.01. The van der Waals surface area contributed by atoms with Crippen molar-refractivity contribution in [1.82, 2.24) is 15.3 Å². The first kappa shape index (κ1) is 22.9. The maximum absolute atomic E-state index is 13.9. The molecule has 9 nitrogen and oxygen atoms in total. The molecule has 1 amide bonds. The zero-order chi connectivity index (χ0) is 23.6. The van der Waals surface area contributed by atoms with E-state index in [4.69, 9.17) is 9.47 Å². The molecular weight excluding hydrogens is 449 g/mol. The summed E-state index contributed by atoms with van der Waals surface area (Å²) >= 11 is 0. The molecule has 0 unspecified atom stereocenters. The van der Waals surface area contributed by atoms with Gasteiger partial charge in [-0.1, -0.05) is 0 Å². The lowest BCUT2D eigenvalue weighted by Crippen LogP contribution is -2.49. The van der Waals surface area contributed by atoms with E-state index in [0.29, 0.717) is 35.9 Å². The molecule has 0 atom stereocenters. The average Bonchev–Trinajstić information content (AvgIpc) is 2.69. The number of hydrogen-bond donors (Lipinski definition) is 2. The van der Waals surface area contributed by atoms with Gasteiger partial charge in [0.15, 0.2) is 6.61 Å². The van der Waals surface area contributed by atoms with Gasteiger partial charge in [0.05, 0.1) is 36.1 Å². The van der Waals surface area contributed by atoms with Gasteiger partial charge in [-0.05, 0) is 36.8 Å². The van der Waals surface area contributed by atoms with Crippen LogP contribution in [0.2, 0.25) is 0 Å². The van der Waals surface area contributed by atoms with Crippen LogP contribution in [-0.2, 0) is 19.3 Å². The highest BCUT2D eigenvalue weighted by molar-refractivity contribution is 7.92. The number of carbonyl (C=O) groups excluding carboxylic acids is 1. The molecule has 1 saturated heterocycles. The lowest BCUT2D eigenvalue weighted by atomic mass is 10.1. The quantitative estimate of drug-likeness (QED) is 0.542. The first-order valence-electron chi connectivity index (χ1n) is 10.2. The maximum Gasteiger partial charge on any atom is 0.258 e. The molecule has 1 aromatic heterocycles. The maximum atomic E-state index is 13.9. The van der Waals surface area contributed by atoms with E-state index >= 15 is 0 Å². The van der Waals surface area contributed by atoms with Crippen LogP contribution in [0.5, 0.6) is 5.75 Å². The van der Waals surface area contributed by atoms with Crippen molar-refractivity contribution in [3.63, 3.8) is 0 Å². The minimum Gasteiger partial charge on any atom is -0.481 e. The summed E-state index contributed by atoms with van der Waals surface area (Å²) in [7, 11) is -2.33. The van der Waals surface area contributed by atoms with E-state index in [1.165, 1.54) is 24.5 Å². The summed E-state index contributed by atoms with van der Waals surface area (Å²) in [5.74, 6) is -0.171. The number of carbonyl (C=O) groups is 1. The Bertz CT molecular complexity index is 1330. The number of amides is 1. The van der Waals surface area contributed by atoms with Crippen molar-refractivity contribution in [3.8, 4) is 5.75 Å². The molecular formula is C22H24FN5O4S. The van der Waals surface area contributed by atoms with Gasteiger partial charge < -0.3 is 20.1 Å². The lowest BCUT2D eigenvalue weighted by molar-refractivity contribution is -0.127. The highest BCUT2D eigenvalue weighted by atomic mass is 32.2. The van der Waals surface area contributed by atoms with E-state index in [0.717, 1.165) is 10.9 Å². The first-order valence-corrected chi connectivity index (χ1v) is 12.5. The zero-order valence-electron chi connectivity index (χ0n) is 18.4. The molecule has 1 fully saturated rings. The van der Waals surface area contributed by atoms with Crippen molar-refractivity contribution in [2.45, 2.75) is 13.0 Å². The molecule has 3 aromatic rings. The van der Waals surface area contributed by atoms with E-state index in [2.05, 4.69) is 25.0 Å². The number of anilines is 2. The Kier molecular flexibility index (Phi) is 6.43. The van der Waals surface area contributed by atoms with Gasteiger partial charge in [-0.3, -0.25) is 4.79 Å². The minimum absolute atomic E-state index is 0.0213. The van der Waals surface area contributed by atoms with Gasteiger partial charge in [-0.25, -0.2) is 18.6 Å². The molecule has 0 aliphatic carbocycles. The third-order valence-corrected chi connectivity index (χ3v) is 5.45. The van der Waals surface area contributed by atoms with Gasteiger partial charge in [0.1, 0.15) is 23.7 Å². The number of rotatable bonds is 7. The fraction of sp³-hybridized carbons (Fsp3) is 0.318. The summed E-state index contributed by atoms with van der Waals surface area (Å²) in [4.78, 5) is 20.7.